The highest BCUT2D eigenvalue weighted by Gasteiger charge is 2.29. The Labute approximate surface area is 161 Å². The van der Waals surface area contributed by atoms with Crippen LogP contribution < -0.4 is 5.43 Å². The number of rotatable bonds is 5. The van der Waals surface area contributed by atoms with E-state index >= 15 is 0 Å². The first-order valence-corrected chi connectivity index (χ1v) is 10.0. The van der Waals surface area contributed by atoms with Gasteiger partial charge in [0, 0.05) is 27.4 Å². The molecule has 26 heavy (non-hydrogen) atoms. The summed E-state index contributed by atoms with van der Waals surface area (Å²) >= 11 is 11.6. The first kappa shape index (κ1) is 18.6. The van der Waals surface area contributed by atoms with E-state index in [2.05, 4.69) is 10.5 Å². The quantitative estimate of drug-likeness (QED) is 0.602. The third-order valence-corrected chi connectivity index (χ3v) is 5.92. The summed E-state index contributed by atoms with van der Waals surface area (Å²) in [5.41, 5.74) is 4.39. The third-order valence-electron chi connectivity index (χ3n) is 3.83. The van der Waals surface area contributed by atoms with Gasteiger partial charge in [0.05, 0.1) is 5.71 Å². The Morgan fingerprint density at radius 1 is 1.04 bits per heavy atom. The van der Waals surface area contributed by atoms with Crippen LogP contribution in [0.2, 0.25) is 10.0 Å². The van der Waals surface area contributed by atoms with Crippen LogP contribution in [0.5, 0.6) is 0 Å². The van der Waals surface area contributed by atoms with Crippen molar-refractivity contribution in [2.24, 2.45) is 5.10 Å². The summed E-state index contributed by atoms with van der Waals surface area (Å²) < 4.78 is 24.9. The highest BCUT2D eigenvalue weighted by Crippen LogP contribution is 2.19. The Morgan fingerprint density at radius 3 is 2.23 bits per heavy atom. The molecule has 1 N–H and O–H groups in total. The average Bonchev–Trinajstić information content (AvgIpc) is 3.12. The van der Waals surface area contributed by atoms with Gasteiger partial charge in [-0.05, 0) is 48.0 Å². The van der Waals surface area contributed by atoms with Crippen molar-refractivity contribution in [2.75, 3.05) is 0 Å². The van der Waals surface area contributed by atoms with Crippen LogP contribution in [0.3, 0.4) is 0 Å². The highest BCUT2D eigenvalue weighted by molar-refractivity contribution is 7.94. The number of nitrogens with zero attached hydrogens (tertiary/aromatic N) is 1. The van der Waals surface area contributed by atoms with Gasteiger partial charge in [0.25, 0.3) is 0 Å². The Hall–Kier alpha value is -2.15. The van der Waals surface area contributed by atoms with Crippen LogP contribution in [0.15, 0.2) is 65.1 Å². The molecule has 1 heterocycles. The fourth-order valence-electron chi connectivity index (χ4n) is 2.39. The van der Waals surface area contributed by atoms with Crippen LogP contribution in [-0.2, 0) is 9.84 Å². The van der Waals surface area contributed by atoms with E-state index in [1.807, 2.05) is 0 Å². The van der Waals surface area contributed by atoms with Gasteiger partial charge in [-0.1, -0.05) is 35.3 Å². The average molecular weight is 409 g/mol. The molecule has 0 saturated carbocycles. The Kier molecular flexibility index (Phi) is 5.46. The van der Waals surface area contributed by atoms with E-state index in [0.717, 1.165) is 17.0 Å². The number of hydrogen-bond donors (Lipinski definition) is 1. The molecule has 1 aliphatic rings. The molecular weight excluding hydrogens is 395 g/mol. The smallest absolute Gasteiger partial charge is 0.194 e. The van der Waals surface area contributed by atoms with Crippen molar-refractivity contribution in [2.45, 2.75) is 11.8 Å². The van der Waals surface area contributed by atoms with E-state index in [1.54, 1.807) is 36.4 Å². The number of sulfone groups is 1. The highest BCUT2D eigenvalue weighted by atomic mass is 35.5. The SMILES string of the molecule is O=C(/C=C/S(=O)(=O)C1CC(c2ccc(Cl)cc2)=NN1)c1ccc(Cl)cc1. The lowest BCUT2D eigenvalue weighted by atomic mass is 10.1. The van der Waals surface area contributed by atoms with Gasteiger partial charge in [0.1, 0.15) is 0 Å². The minimum absolute atomic E-state index is 0.198. The number of carbonyl (C=O) groups is 1. The van der Waals surface area contributed by atoms with Gasteiger partial charge in [-0.15, -0.1) is 0 Å². The minimum atomic E-state index is -3.70. The van der Waals surface area contributed by atoms with Crippen molar-refractivity contribution in [1.29, 1.82) is 0 Å². The van der Waals surface area contributed by atoms with E-state index < -0.39 is 21.0 Å². The zero-order valence-corrected chi connectivity index (χ0v) is 15.7. The number of carbonyl (C=O) groups excluding carboxylic acids is 1. The number of nitrogens with one attached hydrogen (secondary N) is 1. The molecule has 0 spiro atoms. The van der Waals surface area contributed by atoms with Gasteiger partial charge in [0.15, 0.2) is 21.0 Å². The zero-order chi connectivity index (χ0) is 18.7. The summed E-state index contributed by atoms with van der Waals surface area (Å²) in [6, 6.07) is 13.2. The van der Waals surface area contributed by atoms with E-state index in [-0.39, 0.29) is 6.42 Å². The molecule has 134 valence electrons. The van der Waals surface area contributed by atoms with Crippen molar-refractivity contribution < 1.29 is 13.2 Å². The molecule has 0 amide bonds. The minimum Gasteiger partial charge on any atom is -0.291 e. The molecule has 5 nitrogen and oxygen atoms in total. The number of hydrazone groups is 1. The first-order valence-electron chi connectivity index (χ1n) is 7.65. The lowest BCUT2D eigenvalue weighted by Crippen LogP contribution is -2.28. The van der Waals surface area contributed by atoms with Gasteiger partial charge in [-0.25, -0.2) is 8.42 Å². The largest absolute Gasteiger partial charge is 0.291 e. The van der Waals surface area contributed by atoms with E-state index in [1.165, 1.54) is 12.1 Å². The third kappa shape index (κ3) is 4.33. The van der Waals surface area contributed by atoms with Crippen molar-refractivity contribution in [1.82, 2.24) is 5.43 Å². The summed E-state index contributed by atoms with van der Waals surface area (Å²) in [5.74, 6) is -0.415. The summed E-state index contributed by atoms with van der Waals surface area (Å²) in [4.78, 5) is 12.1. The molecule has 3 rings (SSSR count). The van der Waals surface area contributed by atoms with Gasteiger partial charge in [-0.2, -0.15) is 5.10 Å². The first-order chi connectivity index (χ1) is 12.3. The molecule has 0 aliphatic carbocycles. The van der Waals surface area contributed by atoms with Crippen LogP contribution >= 0.6 is 23.2 Å². The van der Waals surface area contributed by atoms with Gasteiger partial charge in [0.2, 0.25) is 0 Å². The fourth-order valence-corrected chi connectivity index (χ4v) is 3.74. The monoisotopic (exact) mass is 408 g/mol. The second kappa shape index (κ2) is 7.61. The van der Waals surface area contributed by atoms with Crippen LogP contribution in [0.4, 0.5) is 0 Å². The topological polar surface area (TPSA) is 75.6 Å². The standard InChI is InChI=1S/C18H14Cl2N2O3S/c19-14-5-1-12(2-6-14)16-11-18(22-21-16)26(24,25)10-9-17(23)13-3-7-15(20)8-4-13/h1-10,18,22H,11H2/b10-9+. The number of benzene rings is 2. The predicted octanol–water partition coefficient (Wildman–Crippen LogP) is 3.83. The summed E-state index contributed by atoms with van der Waals surface area (Å²) in [6.07, 6.45) is 1.24. The van der Waals surface area contributed by atoms with E-state index in [9.17, 15) is 13.2 Å². The second-order valence-electron chi connectivity index (χ2n) is 5.65. The molecule has 0 aromatic heterocycles. The maximum Gasteiger partial charge on any atom is 0.194 e. The van der Waals surface area contributed by atoms with Crippen molar-refractivity contribution in [3.05, 3.63) is 81.2 Å². The predicted molar refractivity (Wildman–Crippen MR) is 103 cm³/mol. The molecule has 1 unspecified atom stereocenters. The summed E-state index contributed by atoms with van der Waals surface area (Å²) in [6.45, 7) is 0. The van der Waals surface area contributed by atoms with E-state index in [0.29, 0.717) is 21.3 Å². The van der Waals surface area contributed by atoms with Gasteiger partial charge < -0.3 is 0 Å². The zero-order valence-electron chi connectivity index (χ0n) is 13.4. The Morgan fingerprint density at radius 2 is 1.62 bits per heavy atom. The van der Waals surface area contributed by atoms with Crippen LogP contribution in [0.25, 0.3) is 0 Å². The van der Waals surface area contributed by atoms with Gasteiger partial charge in [-0.3, -0.25) is 10.2 Å². The summed E-state index contributed by atoms with van der Waals surface area (Å²) in [5, 5.41) is 5.18. The molecule has 1 aliphatic heterocycles. The maximum atomic E-state index is 12.4. The van der Waals surface area contributed by atoms with Crippen LogP contribution in [0, 0.1) is 0 Å². The molecule has 8 heteroatoms. The molecule has 0 saturated heterocycles. The summed E-state index contributed by atoms with van der Waals surface area (Å²) in [7, 11) is -3.70. The second-order valence-corrected chi connectivity index (χ2v) is 8.54. The lowest BCUT2D eigenvalue weighted by molar-refractivity contribution is 0.104. The number of ketones is 1. The Balaban J connectivity index is 1.68. The fraction of sp³-hybridized carbons (Fsp3) is 0.111. The Bertz CT molecular complexity index is 982. The van der Waals surface area contributed by atoms with Crippen LogP contribution in [-0.4, -0.2) is 25.3 Å². The normalized spacial score (nSPS) is 17.2. The number of hydrogen-bond acceptors (Lipinski definition) is 5. The molecule has 1 atom stereocenters. The molecule has 0 bridgehead atoms. The number of allylic oxidation sites excluding steroid dienone is 1. The molecular formula is C18H14Cl2N2O3S. The molecule has 2 aromatic carbocycles. The van der Waals surface area contributed by atoms with Gasteiger partial charge >= 0.3 is 0 Å². The van der Waals surface area contributed by atoms with Crippen molar-refractivity contribution >= 4 is 44.5 Å². The molecule has 0 radical (unpaired) electrons. The molecule has 0 fully saturated rings. The van der Waals surface area contributed by atoms with Crippen LogP contribution in [0.1, 0.15) is 22.3 Å². The molecule has 2 aromatic rings. The van der Waals surface area contributed by atoms with Crippen molar-refractivity contribution in [3.63, 3.8) is 0 Å². The van der Waals surface area contributed by atoms with E-state index in [4.69, 9.17) is 23.2 Å². The number of halogens is 2. The maximum absolute atomic E-state index is 12.4. The lowest BCUT2D eigenvalue weighted by Gasteiger charge is -2.07. The van der Waals surface area contributed by atoms with Crippen molar-refractivity contribution in [3.8, 4) is 0 Å².